The predicted molar refractivity (Wildman–Crippen MR) is 72.7 cm³/mol. The van der Waals surface area contributed by atoms with Gasteiger partial charge in [-0.2, -0.15) is 0 Å². The van der Waals surface area contributed by atoms with E-state index in [-0.39, 0.29) is 24.7 Å². The van der Waals surface area contributed by atoms with Gasteiger partial charge in [-0.05, 0) is 25.9 Å². The molecule has 0 unspecified atom stereocenters. The molecule has 2 rings (SSSR count). The maximum atomic E-state index is 13.0. The fourth-order valence-electron chi connectivity index (χ4n) is 2.25. The third-order valence-corrected chi connectivity index (χ3v) is 3.39. The van der Waals surface area contributed by atoms with Crippen LogP contribution in [0.25, 0.3) is 0 Å². The van der Waals surface area contributed by atoms with Gasteiger partial charge in [-0.15, -0.1) is 0 Å². The number of hydrogen-bond acceptors (Lipinski definition) is 2. The topological polar surface area (TPSA) is 29.1 Å². The minimum atomic E-state index is -2.85. The van der Waals surface area contributed by atoms with E-state index in [1.807, 2.05) is 0 Å². The molecule has 1 saturated heterocycles. The van der Waals surface area contributed by atoms with Crippen molar-refractivity contribution in [2.75, 3.05) is 13.1 Å². The number of ketones is 1. The molecule has 1 aromatic carbocycles. The van der Waals surface area contributed by atoms with E-state index in [2.05, 4.69) is 5.32 Å². The zero-order chi connectivity index (χ0) is 13.2. The van der Waals surface area contributed by atoms with Gasteiger partial charge in [0.1, 0.15) is 0 Å². The zero-order valence-electron chi connectivity index (χ0n) is 10.4. The van der Waals surface area contributed by atoms with Crippen molar-refractivity contribution in [1.82, 2.24) is 5.32 Å². The number of nitrogens with one attached hydrogen (secondary N) is 1. The predicted octanol–water partition coefficient (Wildman–Crippen LogP) is 3.62. The lowest BCUT2D eigenvalue weighted by Gasteiger charge is -2.21. The van der Waals surface area contributed by atoms with Gasteiger partial charge in [0.2, 0.25) is 0 Å². The van der Waals surface area contributed by atoms with Crippen molar-refractivity contribution >= 4 is 5.78 Å². The second-order valence-corrected chi connectivity index (χ2v) is 4.85. The Morgan fingerprint density at radius 2 is 1.74 bits per heavy atom. The Morgan fingerprint density at radius 1 is 1.21 bits per heavy atom. The van der Waals surface area contributed by atoms with Crippen LogP contribution >= 0.6 is 0 Å². The van der Waals surface area contributed by atoms with Crippen LogP contribution in [0.2, 0.25) is 0 Å². The number of piperidine rings is 1. The SMILES string of the molecule is C.CC(F)(F)c1ccc(C(=O)C2CCNCC2)cc1. The van der Waals surface area contributed by atoms with Gasteiger partial charge >= 0.3 is 0 Å². The standard InChI is InChI=1S/C14H17F2NO.CH4/c1-14(15,16)12-4-2-10(3-5-12)13(18)11-6-8-17-9-7-11;/h2-5,11,17H,6-9H2,1H3;1H4. The van der Waals surface area contributed by atoms with Crippen LogP contribution in [-0.2, 0) is 5.92 Å². The molecule has 1 heterocycles. The van der Waals surface area contributed by atoms with Crippen molar-refractivity contribution < 1.29 is 13.6 Å². The van der Waals surface area contributed by atoms with Crippen LogP contribution in [0.15, 0.2) is 24.3 Å². The molecular weight excluding hydrogens is 248 g/mol. The number of alkyl halides is 2. The third-order valence-electron chi connectivity index (χ3n) is 3.39. The molecule has 0 bridgehead atoms. The summed E-state index contributed by atoms with van der Waals surface area (Å²) in [5.41, 5.74) is 0.485. The number of rotatable bonds is 3. The Hall–Kier alpha value is -1.29. The van der Waals surface area contributed by atoms with Gasteiger partial charge in [0.05, 0.1) is 0 Å². The van der Waals surface area contributed by atoms with Gasteiger partial charge < -0.3 is 5.32 Å². The highest BCUT2D eigenvalue weighted by Crippen LogP contribution is 2.27. The van der Waals surface area contributed by atoms with Crippen molar-refractivity contribution in [1.29, 1.82) is 0 Å². The molecule has 0 aliphatic carbocycles. The minimum Gasteiger partial charge on any atom is -0.317 e. The highest BCUT2D eigenvalue weighted by atomic mass is 19.3. The maximum absolute atomic E-state index is 13.0. The van der Waals surface area contributed by atoms with Crippen molar-refractivity contribution in [3.8, 4) is 0 Å². The van der Waals surface area contributed by atoms with E-state index in [9.17, 15) is 13.6 Å². The van der Waals surface area contributed by atoms with Gasteiger partial charge in [-0.3, -0.25) is 4.79 Å². The van der Waals surface area contributed by atoms with E-state index < -0.39 is 5.92 Å². The summed E-state index contributed by atoms with van der Waals surface area (Å²) in [6.07, 6.45) is 1.65. The fraction of sp³-hybridized carbons (Fsp3) is 0.533. The smallest absolute Gasteiger partial charge is 0.270 e. The molecule has 2 nitrogen and oxygen atoms in total. The molecule has 0 aromatic heterocycles. The molecule has 0 spiro atoms. The first-order valence-electron chi connectivity index (χ1n) is 6.22. The van der Waals surface area contributed by atoms with Crippen LogP contribution < -0.4 is 5.32 Å². The Balaban J connectivity index is 0.00000180. The Kier molecular flexibility index (Phi) is 5.18. The fourth-order valence-corrected chi connectivity index (χ4v) is 2.25. The molecule has 106 valence electrons. The third kappa shape index (κ3) is 3.83. The number of Topliss-reactive ketones (excluding diaryl/α,β-unsaturated/α-hetero) is 1. The lowest BCUT2D eigenvalue weighted by molar-refractivity contribution is 0.0174. The van der Waals surface area contributed by atoms with Crippen molar-refractivity contribution in [3.05, 3.63) is 35.4 Å². The molecule has 0 atom stereocenters. The van der Waals surface area contributed by atoms with E-state index in [1.165, 1.54) is 24.3 Å². The monoisotopic (exact) mass is 269 g/mol. The molecule has 1 N–H and O–H groups in total. The van der Waals surface area contributed by atoms with Crippen LogP contribution in [0.5, 0.6) is 0 Å². The van der Waals surface area contributed by atoms with Crippen LogP contribution in [0, 0.1) is 5.92 Å². The van der Waals surface area contributed by atoms with Crippen LogP contribution in [0.3, 0.4) is 0 Å². The number of carbonyl (C=O) groups excluding carboxylic acids is 1. The Morgan fingerprint density at radius 3 is 2.21 bits per heavy atom. The van der Waals surface area contributed by atoms with Crippen molar-refractivity contribution in [2.45, 2.75) is 33.1 Å². The van der Waals surface area contributed by atoms with Crippen LogP contribution in [-0.4, -0.2) is 18.9 Å². The highest BCUT2D eigenvalue weighted by molar-refractivity contribution is 5.97. The lowest BCUT2D eigenvalue weighted by atomic mass is 9.89. The second kappa shape index (κ2) is 6.24. The summed E-state index contributed by atoms with van der Waals surface area (Å²) in [6.45, 7) is 2.56. The maximum Gasteiger partial charge on any atom is 0.270 e. The summed E-state index contributed by atoms with van der Waals surface area (Å²) in [7, 11) is 0. The summed E-state index contributed by atoms with van der Waals surface area (Å²) in [5.74, 6) is -2.75. The summed E-state index contributed by atoms with van der Waals surface area (Å²) in [6, 6.07) is 5.71. The first-order valence-corrected chi connectivity index (χ1v) is 6.22. The van der Waals surface area contributed by atoms with Gasteiger partial charge in [0.15, 0.2) is 5.78 Å². The quantitative estimate of drug-likeness (QED) is 0.849. The number of benzene rings is 1. The van der Waals surface area contributed by atoms with Crippen LogP contribution in [0.1, 0.15) is 43.1 Å². The average molecular weight is 269 g/mol. The largest absolute Gasteiger partial charge is 0.317 e. The summed E-state index contributed by atoms with van der Waals surface area (Å²) in [4.78, 5) is 12.1. The van der Waals surface area contributed by atoms with Gasteiger partial charge in [0, 0.05) is 24.0 Å². The van der Waals surface area contributed by atoms with Gasteiger partial charge in [0.25, 0.3) is 5.92 Å². The summed E-state index contributed by atoms with van der Waals surface area (Å²) in [5, 5.41) is 3.20. The minimum absolute atomic E-state index is 0. The summed E-state index contributed by atoms with van der Waals surface area (Å²) < 4.78 is 26.1. The Bertz CT molecular complexity index is 417. The first-order chi connectivity index (χ1) is 8.48. The molecule has 1 aliphatic heterocycles. The molecule has 4 heteroatoms. The number of halogens is 2. The van der Waals surface area contributed by atoms with Gasteiger partial charge in [-0.1, -0.05) is 31.7 Å². The molecule has 1 aromatic rings. The van der Waals surface area contributed by atoms with E-state index >= 15 is 0 Å². The van der Waals surface area contributed by atoms with Gasteiger partial charge in [-0.25, -0.2) is 8.78 Å². The average Bonchev–Trinajstić information content (AvgIpc) is 2.38. The van der Waals surface area contributed by atoms with E-state index in [0.717, 1.165) is 32.9 Å². The van der Waals surface area contributed by atoms with Crippen molar-refractivity contribution in [3.63, 3.8) is 0 Å². The normalized spacial score (nSPS) is 16.8. The van der Waals surface area contributed by atoms with E-state index in [1.54, 1.807) is 0 Å². The number of carbonyl (C=O) groups is 1. The summed E-state index contributed by atoms with van der Waals surface area (Å²) >= 11 is 0. The van der Waals surface area contributed by atoms with E-state index in [4.69, 9.17) is 0 Å². The molecular formula is C15H21F2NO. The first kappa shape index (κ1) is 15.8. The lowest BCUT2D eigenvalue weighted by Crippen LogP contribution is -2.31. The highest BCUT2D eigenvalue weighted by Gasteiger charge is 2.26. The van der Waals surface area contributed by atoms with E-state index in [0.29, 0.717) is 5.56 Å². The molecule has 1 aliphatic rings. The second-order valence-electron chi connectivity index (χ2n) is 4.85. The molecule has 0 radical (unpaired) electrons. The van der Waals surface area contributed by atoms with Crippen LogP contribution in [0.4, 0.5) is 8.78 Å². The molecule has 1 fully saturated rings. The molecule has 0 amide bonds. The molecule has 19 heavy (non-hydrogen) atoms. The van der Waals surface area contributed by atoms with Crippen molar-refractivity contribution in [2.24, 2.45) is 5.92 Å². The zero-order valence-corrected chi connectivity index (χ0v) is 10.4. The molecule has 0 saturated carbocycles. The Labute approximate surface area is 113 Å². The number of hydrogen-bond donors (Lipinski definition) is 1.